The smallest absolute Gasteiger partial charge is 0.341 e. The van der Waals surface area contributed by atoms with Crippen molar-refractivity contribution in [1.82, 2.24) is 0 Å². The van der Waals surface area contributed by atoms with Crippen LogP contribution < -0.4 is 0 Å². The van der Waals surface area contributed by atoms with Crippen LogP contribution >= 0.6 is 0 Å². The van der Waals surface area contributed by atoms with Gasteiger partial charge in [0, 0.05) is 0 Å². The van der Waals surface area contributed by atoms with Gasteiger partial charge in [0.2, 0.25) is 0 Å². The fourth-order valence-corrected chi connectivity index (χ4v) is 1.40. The molecule has 1 N–H and O–H groups in total. The second-order valence-electron chi connectivity index (χ2n) is 4.66. The van der Waals surface area contributed by atoms with Crippen LogP contribution in [0.2, 0.25) is 0 Å². The van der Waals surface area contributed by atoms with Crippen LogP contribution in [0.1, 0.15) is 19.4 Å². The van der Waals surface area contributed by atoms with Crippen molar-refractivity contribution in [3.05, 3.63) is 59.6 Å². The molecule has 0 aliphatic heterocycles. The van der Waals surface area contributed by atoms with Crippen molar-refractivity contribution in [2.75, 3.05) is 13.2 Å². The molecule has 0 amide bonds. The summed E-state index contributed by atoms with van der Waals surface area (Å²) >= 11 is 0. The molecule has 0 heterocycles. The quantitative estimate of drug-likeness (QED) is 0.342. The molecule has 0 atom stereocenters. The van der Waals surface area contributed by atoms with Gasteiger partial charge < -0.3 is 19.3 Å². The maximum absolute atomic E-state index is 11.8. The molecule has 124 valence electrons. The highest BCUT2D eigenvalue weighted by Gasteiger charge is 2.09. The molecule has 1 rings (SSSR count). The topological polar surface area (TPSA) is 82.1 Å². The first kappa shape index (κ1) is 18.4. The van der Waals surface area contributed by atoms with Gasteiger partial charge in [-0.1, -0.05) is 30.3 Å². The van der Waals surface area contributed by atoms with Crippen LogP contribution in [0.5, 0.6) is 0 Å². The molecule has 0 saturated carbocycles. The summed E-state index contributed by atoms with van der Waals surface area (Å²) in [6.45, 7) is 3.07. The zero-order chi connectivity index (χ0) is 17.1. The summed E-state index contributed by atoms with van der Waals surface area (Å²) in [6.07, 6.45) is 2.23. The number of carbonyl (C=O) groups excluding carboxylic acids is 2. The van der Waals surface area contributed by atoms with Crippen molar-refractivity contribution in [3.63, 3.8) is 0 Å². The molecule has 23 heavy (non-hydrogen) atoms. The second kappa shape index (κ2) is 10.2. The third kappa shape index (κ3) is 7.28. The van der Waals surface area contributed by atoms with E-state index in [4.69, 9.17) is 19.3 Å². The highest BCUT2D eigenvalue weighted by molar-refractivity contribution is 5.90. The van der Waals surface area contributed by atoms with Crippen molar-refractivity contribution in [1.29, 1.82) is 0 Å². The average molecular weight is 320 g/mol. The van der Waals surface area contributed by atoms with Crippen LogP contribution in [0, 0.1) is 0 Å². The highest BCUT2D eigenvalue weighted by Crippen LogP contribution is 2.05. The number of hydrogen-bond acceptors (Lipinski definition) is 6. The summed E-state index contributed by atoms with van der Waals surface area (Å²) in [5.74, 6) is -1.22. The lowest BCUT2D eigenvalue weighted by Crippen LogP contribution is -2.08. The fourth-order valence-electron chi connectivity index (χ4n) is 1.40. The van der Waals surface area contributed by atoms with E-state index in [1.165, 1.54) is 20.1 Å². The van der Waals surface area contributed by atoms with E-state index >= 15 is 0 Å². The van der Waals surface area contributed by atoms with Crippen LogP contribution in [0.15, 0.2) is 54.0 Å². The van der Waals surface area contributed by atoms with E-state index in [0.29, 0.717) is 0 Å². The van der Waals surface area contributed by atoms with E-state index in [1.54, 1.807) is 0 Å². The minimum absolute atomic E-state index is 0.0886. The minimum Gasteiger partial charge on any atom is -0.498 e. The lowest BCUT2D eigenvalue weighted by molar-refractivity contribution is -0.140. The molecule has 0 bridgehead atoms. The Morgan fingerprint density at radius 2 is 1.70 bits per heavy atom. The number of aliphatic hydroxyl groups is 1. The standard InChI is InChI=1S/C17H20O6/c1-13(10-21-9-8-18)16(19)22-11-14(2)17(20)23-12-15-6-4-3-5-7-15/h3-7,10-11,18H,8-9,12H2,1-2H3. The summed E-state index contributed by atoms with van der Waals surface area (Å²) in [4.78, 5) is 23.4. The molecule has 6 nitrogen and oxygen atoms in total. The molecule has 0 aliphatic rings. The molecular weight excluding hydrogens is 300 g/mol. The van der Waals surface area contributed by atoms with Crippen molar-refractivity contribution < 1.29 is 28.9 Å². The Kier molecular flexibility index (Phi) is 8.17. The lowest BCUT2D eigenvalue weighted by Gasteiger charge is -2.05. The number of benzene rings is 1. The number of hydrogen-bond donors (Lipinski definition) is 1. The fraction of sp³-hybridized carbons (Fsp3) is 0.294. The maximum atomic E-state index is 11.8. The molecule has 0 aromatic heterocycles. The lowest BCUT2D eigenvalue weighted by atomic mass is 10.2. The number of esters is 2. The number of aliphatic hydroxyl groups excluding tert-OH is 1. The van der Waals surface area contributed by atoms with Gasteiger partial charge in [0.1, 0.15) is 19.5 Å². The Morgan fingerprint density at radius 1 is 1.04 bits per heavy atom. The number of ether oxygens (including phenoxy) is 3. The zero-order valence-corrected chi connectivity index (χ0v) is 13.2. The van der Waals surface area contributed by atoms with E-state index in [2.05, 4.69) is 0 Å². The molecule has 0 saturated heterocycles. The third-order valence-corrected chi connectivity index (χ3v) is 2.67. The molecule has 0 aliphatic carbocycles. The number of carbonyl (C=O) groups is 2. The van der Waals surface area contributed by atoms with E-state index in [1.807, 2.05) is 30.3 Å². The first-order valence-corrected chi connectivity index (χ1v) is 7.02. The first-order valence-electron chi connectivity index (χ1n) is 7.02. The Bertz CT molecular complexity index is 574. The van der Waals surface area contributed by atoms with Gasteiger partial charge in [-0.2, -0.15) is 0 Å². The van der Waals surface area contributed by atoms with Gasteiger partial charge in [-0.15, -0.1) is 0 Å². The Hall–Kier alpha value is -2.60. The van der Waals surface area contributed by atoms with Crippen molar-refractivity contribution in [2.24, 2.45) is 0 Å². The predicted molar refractivity (Wildman–Crippen MR) is 82.9 cm³/mol. The molecule has 0 radical (unpaired) electrons. The molecular formula is C17H20O6. The summed E-state index contributed by atoms with van der Waals surface area (Å²) in [6, 6.07) is 9.25. The van der Waals surface area contributed by atoms with Gasteiger partial charge in [0.05, 0.1) is 24.0 Å². The molecule has 1 aromatic rings. The van der Waals surface area contributed by atoms with Gasteiger partial charge in [-0.3, -0.25) is 0 Å². The van der Waals surface area contributed by atoms with Gasteiger partial charge in [-0.05, 0) is 19.4 Å². The van der Waals surface area contributed by atoms with Gasteiger partial charge >= 0.3 is 11.9 Å². The summed E-state index contributed by atoms with van der Waals surface area (Å²) in [7, 11) is 0. The molecule has 0 spiro atoms. The van der Waals surface area contributed by atoms with Gasteiger partial charge in [0.25, 0.3) is 0 Å². The van der Waals surface area contributed by atoms with Crippen molar-refractivity contribution in [3.8, 4) is 0 Å². The molecule has 0 fully saturated rings. The van der Waals surface area contributed by atoms with E-state index in [9.17, 15) is 9.59 Å². The van der Waals surface area contributed by atoms with E-state index in [0.717, 1.165) is 11.8 Å². The van der Waals surface area contributed by atoms with Crippen LogP contribution in [-0.4, -0.2) is 30.3 Å². The molecule has 1 aromatic carbocycles. The van der Waals surface area contributed by atoms with Crippen LogP contribution in [0.25, 0.3) is 0 Å². The highest BCUT2D eigenvalue weighted by atomic mass is 16.5. The second-order valence-corrected chi connectivity index (χ2v) is 4.66. The first-order chi connectivity index (χ1) is 11.0. The maximum Gasteiger partial charge on any atom is 0.341 e. The average Bonchev–Trinajstić information content (AvgIpc) is 2.58. The van der Waals surface area contributed by atoms with Crippen LogP contribution in [0.3, 0.4) is 0 Å². The predicted octanol–water partition coefficient (Wildman–Crippen LogP) is 2.09. The summed E-state index contributed by atoms with van der Waals surface area (Å²) in [5.41, 5.74) is 1.24. The number of rotatable bonds is 8. The monoisotopic (exact) mass is 320 g/mol. The molecule has 0 unspecified atom stereocenters. The largest absolute Gasteiger partial charge is 0.498 e. The van der Waals surface area contributed by atoms with Crippen molar-refractivity contribution in [2.45, 2.75) is 20.5 Å². The SMILES string of the molecule is CC(=COCCO)C(=O)OC=C(C)C(=O)OCc1ccccc1. The normalized spacial score (nSPS) is 11.8. The Labute approximate surface area is 135 Å². The minimum atomic E-state index is -0.654. The summed E-state index contributed by atoms with van der Waals surface area (Å²) in [5, 5.41) is 8.56. The molecule has 6 heteroatoms. The van der Waals surface area contributed by atoms with Crippen LogP contribution in [0.4, 0.5) is 0 Å². The summed E-state index contributed by atoms with van der Waals surface area (Å²) < 4.78 is 14.8. The van der Waals surface area contributed by atoms with Crippen molar-refractivity contribution >= 4 is 11.9 Å². The zero-order valence-electron chi connectivity index (χ0n) is 13.2. The van der Waals surface area contributed by atoms with E-state index < -0.39 is 11.9 Å². The van der Waals surface area contributed by atoms with E-state index in [-0.39, 0.29) is 31.0 Å². The Morgan fingerprint density at radius 3 is 2.35 bits per heavy atom. The third-order valence-electron chi connectivity index (χ3n) is 2.67. The van der Waals surface area contributed by atoms with Gasteiger partial charge in [0.15, 0.2) is 0 Å². The van der Waals surface area contributed by atoms with Crippen LogP contribution in [-0.2, 0) is 30.4 Å². The Balaban J connectivity index is 2.44. The van der Waals surface area contributed by atoms with Gasteiger partial charge in [-0.25, -0.2) is 9.59 Å².